The molecule has 2 rings (SSSR count). The summed E-state index contributed by atoms with van der Waals surface area (Å²) in [4.78, 5) is 14.7. The van der Waals surface area contributed by atoms with Crippen LogP contribution in [0, 0.1) is 0 Å². The van der Waals surface area contributed by atoms with Gasteiger partial charge in [-0.05, 0) is 39.8 Å². The highest BCUT2D eigenvalue weighted by atomic mass is 35.5. The third-order valence-corrected chi connectivity index (χ3v) is 3.81. The van der Waals surface area contributed by atoms with Crippen LogP contribution >= 0.6 is 12.4 Å². The fourth-order valence-electron chi connectivity index (χ4n) is 2.81. The molecule has 1 aromatic carbocycles. The Labute approximate surface area is 156 Å². The van der Waals surface area contributed by atoms with Gasteiger partial charge in [0.15, 0.2) is 11.5 Å². The van der Waals surface area contributed by atoms with Gasteiger partial charge < -0.3 is 24.4 Å². The number of amides is 1. The van der Waals surface area contributed by atoms with Gasteiger partial charge in [0.2, 0.25) is 5.75 Å². The molecular formula is C18H29ClN2O4. The van der Waals surface area contributed by atoms with E-state index in [0.717, 1.165) is 6.54 Å². The largest absolute Gasteiger partial charge is 0.490 e. The summed E-state index contributed by atoms with van der Waals surface area (Å²) in [6.07, 6.45) is 0. The number of ether oxygens (including phenoxy) is 3. The molecule has 6 nitrogen and oxygen atoms in total. The lowest BCUT2D eigenvalue weighted by Crippen LogP contribution is -2.51. The SMILES string of the molecule is CCOc1cc(C(=O)N2CCN[C@@H](C)C2)cc(OCC)c1OCC.Cl. The summed E-state index contributed by atoms with van der Waals surface area (Å²) in [5.41, 5.74) is 0.569. The molecule has 1 N–H and O–H groups in total. The fourth-order valence-corrected chi connectivity index (χ4v) is 2.81. The molecule has 1 amide bonds. The van der Waals surface area contributed by atoms with Crippen LogP contribution in [0.3, 0.4) is 0 Å². The number of rotatable bonds is 7. The highest BCUT2D eigenvalue weighted by Crippen LogP contribution is 2.39. The Hall–Kier alpha value is -1.66. The van der Waals surface area contributed by atoms with Crippen molar-refractivity contribution in [1.29, 1.82) is 0 Å². The molecule has 0 aliphatic carbocycles. The zero-order valence-electron chi connectivity index (χ0n) is 15.5. The predicted octanol–water partition coefficient (Wildman–Crippen LogP) is 2.74. The van der Waals surface area contributed by atoms with E-state index >= 15 is 0 Å². The second kappa shape index (κ2) is 10.4. The van der Waals surface area contributed by atoms with Crippen LogP contribution in [0.5, 0.6) is 17.2 Å². The molecule has 0 bridgehead atoms. The molecule has 25 heavy (non-hydrogen) atoms. The lowest BCUT2D eigenvalue weighted by Gasteiger charge is -2.32. The number of nitrogens with zero attached hydrogens (tertiary/aromatic N) is 1. The molecule has 0 unspecified atom stereocenters. The first-order chi connectivity index (χ1) is 11.6. The topological polar surface area (TPSA) is 60.0 Å². The molecule has 1 fully saturated rings. The number of hydrogen-bond donors (Lipinski definition) is 1. The second-order valence-electron chi connectivity index (χ2n) is 5.71. The van der Waals surface area contributed by atoms with Gasteiger partial charge >= 0.3 is 0 Å². The van der Waals surface area contributed by atoms with Crippen molar-refractivity contribution in [2.24, 2.45) is 0 Å². The van der Waals surface area contributed by atoms with E-state index in [0.29, 0.717) is 61.8 Å². The lowest BCUT2D eigenvalue weighted by atomic mass is 10.1. The highest BCUT2D eigenvalue weighted by Gasteiger charge is 2.24. The van der Waals surface area contributed by atoms with Crippen LogP contribution in [0.1, 0.15) is 38.1 Å². The van der Waals surface area contributed by atoms with Crippen LogP contribution in [-0.4, -0.2) is 56.3 Å². The predicted molar refractivity (Wildman–Crippen MR) is 101 cm³/mol. The minimum absolute atomic E-state index is 0. The first-order valence-electron chi connectivity index (χ1n) is 8.69. The Kier molecular flexibility index (Phi) is 8.86. The highest BCUT2D eigenvalue weighted by molar-refractivity contribution is 5.95. The average molecular weight is 373 g/mol. The lowest BCUT2D eigenvalue weighted by molar-refractivity contribution is 0.0708. The summed E-state index contributed by atoms with van der Waals surface area (Å²) in [7, 11) is 0. The number of benzene rings is 1. The van der Waals surface area contributed by atoms with Crippen molar-refractivity contribution in [2.75, 3.05) is 39.5 Å². The molecule has 1 aromatic rings. The standard InChI is InChI=1S/C18H28N2O4.ClH/c1-5-22-15-10-14(11-16(23-6-2)17(15)24-7-3)18(21)20-9-8-19-13(4)12-20;/h10-11,13,19H,5-9,12H2,1-4H3;1H/t13-;/m0./s1. The third-order valence-electron chi connectivity index (χ3n) is 3.81. The Morgan fingerprint density at radius 2 is 1.68 bits per heavy atom. The number of hydrogen-bond acceptors (Lipinski definition) is 5. The normalized spacial score (nSPS) is 16.8. The molecule has 1 saturated heterocycles. The van der Waals surface area contributed by atoms with Gasteiger partial charge in [-0.3, -0.25) is 4.79 Å². The maximum Gasteiger partial charge on any atom is 0.254 e. The number of piperazine rings is 1. The maximum absolute atomic E-state index is 12.9. The molecule has 1 aliphatic heterocycles. The molecule has 0 saturated carbocycles. The van der Waals surface area contributed by atoms with Crippen LogP contribution in [0.2, 0.25) is 0 Å². The first-order valence-corrected chi connectivity index (χ1v) is 8.69. The summed E-state index contributed by atoms with van der Waals surface area (Å²) in [6.45, 7) is 11.5. The molecule has 1 aliphatic rings. The van der Waals surface area contributed by atoms with Crippen LogP contribution in [0.4, 0.5) is 0 Å². The van der Waals surface area contributed by atoms with Gasteiger partial charge in [-0.2, -0.15) is 0 Å². The Morgan fingerprint density at radius 3 is 2.16 bits per heavy atom. The minimum atomic E-state index is -0.00620. The minimum Gasteiger partial charge on any atom is -0.490 e. The maximum atomic E-state index is 12.9. The zero-order valence-corrected chi connectivity index (χ0v) is 16.3. The smallest absolute Gasteiger partial charge is 0.254 e. The van der Waals surface area contributed by atoms with E-state index in [9.17, 15) is 4.79 Å². The molecule has 142 valence electrons. The number of carbonyl (C=O) groups excluding carboxylic acids is 1. The number of carbonyl (C=O) groups is 1. The third kappa shape index (κ3) is 5.41. The van der Waals surface area contributed by atoms with Gasteiger partial charge in [0.05, 0.1) is 19.8 Å². The van der Waals surface area contributed by atoms with Crippen LogP contribution < -0.4 is 19.5 Å². The second-order valence-corrected chi connectivity index (χ2v) is 5.71. The van der Waals surface area contributed by atoms with E-state index in [1.54, 1.807) is 12.1 Å². The van der Waals surface area contributed by atoms with Gasteiger partial charge in [0, 0.05) is 31.2 Å². The van der Waals surface area contributed by atoms with Crippen molar-refractivity contribution in [3.05, 3.63) is 17.7 Å². The van der Waals surface area contributed by atoms with E-state index in [-0.39, 0.29) is 18.3 Å². The van der Waals surface area contributed by atoms with Crippen LogP contribution in [0.25, 0.3) is 0 Å². The molecule has 1 heterocycles. The molecule has 1 atom stereocenters. The molecule has 0 aromatic heterocycles. The Bertz CT molecular complexity index is 541. The van der Waals surface area contributed by atoms with Crippen molar-refractivity contribution < 1.29 is 19.0 Å². The number of nitrogens with one attached hydrogen (secondary N) is 1. The summed E-state index contributed by atoms with van der Waals surface area (Å²) >= 11 is 0. The quantitative estimate of drug-likeness (QED) is 0.797. The van der Waals surface area contributed by atoms with Gasteiger partial charge in [0.25, 0.3) is 5.91 Å². The van der Waals surface area contributed by atoms with Crippen molar-refractivity contribution in [2.45, 2.75) is 33.7 Å². The van der Waals surface area contributed by atoms with Gasteiger partial charge in [-0.25, -0.2) is 0 Å². The zero-order chi connectivity index (χ0) is 17.5. The summed E-state index contributed by atoms with van der Waals surface area (Å²) < 4.78 is 17.1. The summed E-state index contributed by atoms with van der Waals surface area (Å²) in [6, 6.07) is 3.81. The van der Waals surface area contributed by atoms with Gasteiger partial charge in [-0.15, -0.1) is 12.4 Å². The van der Waals surface area contributed by atoms with Gasteiger partial charge in [-0.1, -0.05) is 0 Å². The van der Waals surface area contributed by atoms with E-state index < -0.39 is 0 Å². The van der Waals surface area contributed by atoms with Crippen molar-refractivity contribution in [3.8, 4) is 17.2 Å². The van der Waals surface area contributed by atoms with Gasteiger partial charge in [0.1, 0.15) is 0 Å². The van der Waals surface area contributed by atoms with Crippen LogP contribution in [0.15, 0.2) is 12.1 Å². The van der Waals surface area contributed by atoms with E-state index in [1.807, 2.05) is 25.7 Å². The fraction of sp³-hybridized carbons (Fsp3) is 0.611. The monoisotopic (exact) mass is 372 g/mol. The summed E-state index contributed by atoms with van der Waals surface area (Å²) in [5, 5.41) is 3.34. The Balaban J connectivity index is 0.00000312. The van der Waals surface area contributed by atoms with E-state index in [1.165, 1.54) is 0 Å². The van der Waals surface area contributed by atoms with Crippen molar-refractivity contribution in [3.63, 3.8) is 0 Å². The summed E-state index contributed by atoms with van der Waals surface area (Å²) in [5.74, 6) is 1.66. The molecule has 0 radical (unpaired) electrons. The van der Waals surface area contributed by atoms with Crippen molar-refractivity contribution in [1.82, 2.24) is 10.2 Å². The molecule has 0 spiro atoms. The van der Waals surface area contributed by atoms with E-state index in [4.69, 9.17) is 14.2 Å². The Morgan fingerprint density at radius 1 is 1.12 bits per heavy atom. The molecular weight excluding hydrogens is 344 g/mol. The number of halogens is 1. The van der Waals surface area contributed by atoms with E-state index in [2.05, 4.69) is 12.2 Å². The average Bonchev–Trinajstić information content (AvgIpc) is 2.57. The van der Waals surface area contributed by atoms with Crippen LogP contribution in [-0.2, 0) is 0 Å². The van der Waals surface area contributed by atoms with Crippen molar-refractivity contribution >= 4 is 18.3 Å². The molecule has 7 heteroatoms. The first kappa shape index (κ1) is 21.4.